The molecule has 2 aliphatic rings. The third kappa shape index (κ3) is 3.88. The summed E-state index contributed by atoms with van der Waals surface area (Å²) in [6.45, 7) is 0.307. The van der Waals surface area contributed by atoms with Crippen LogP contribution in [-0.2, 0) is 16.1 Å². The molecule has 0 bridgehead atoms. The molecule has 1 spiro atoms. The predicted octanol–water partition coefficient (Wildman–Crippen LogP) is 3.82. The number of benzene rings is 1. The molecule has 4 amide bonds. The van der Waals surface area contributed by atoms with Gasteiger partial charge in [0.1, 0.15) is 11.3 Å². The molecule has 5 rings (SSSR count). The van der Waals surface area contributed by atoms with Crippen LogP contribution in [0.25, 0.3) is 21.0 Å². The standard InChI is InChI=1S/C23H24N4O4S/c28-19(10-13-27-21(29)23(26-22(27)30)11-4-1-5-12-23)24-14-15-8-9-17(31-15)20-25-16-6-2-3-7-18(16)32-20/h2-3,6-9H,1,4-5,10-14H2,(H,24,28)(H,26,30). The summed E-state index contributed by atoms with van der Waals surface area (Å²) in [4.78, 5) is 43.1. The number of nitrogens with one attached hydrogen (secondary N) is 2. The zero-order chi connectivity index (χ0) is 22.1. The maximum atomic E-state index is 12.8. The molecule has 0 radical (unpaired) electrons. The average Bonchev–Trinajstić information content (AvgIpc) is 3.49. The number of hydrogen-bond donors (Lipinski definition) is 2. The highest BCUT2D eigenvalue weighted by Crippen LogP contribution is 2.34. The Labute approximate surface area is 189 Å². The highest BCUT2D eigenvalue weighted by atomic mass is 32.1. The van der Waals surface area contributed by atoms with Crippen LogP contribution in [0, 0.1) is 0 Å². The van der Waals surface area contributed by atoms with Gasteiger partial charge in [0.05, 0.1) is 16.8 Å². The second-order valence-corrected chi connectivity index (χ2v) is 9.34. The van der Waals surface area contributed by atoms with Gasteiger partial charge in [-0.25, -0.2) is 9.78 Å². The van der Waals surface area contributed by atoms with Crippen molar-refractivity contribution >= 4 is 39.4 Å². The summed E-state index contributed by atoms with van der Waals surface area (Å²) < 4.78 is 6.93. The summed E-state index contributed by atoms with van der Waals surface area (Å²) in [7, 11) is 0. The van der Waals surface area contributed by atoms with Crippen LogP contribution in [0.2, 0.25) is 0 Å². The van der Waals surface area contributed by atoms with Crippen LogP contribution in [0.4, 0.5) is 4.79 Å². The summed E-state index contributed by atoms with van der Waals surface area (Å²) in [5, 5.41) is 6.45. The number of amides is 4. The normalized spacial score (nSPS) is 17.8. The lowest BCUT2D eigenvalue weighted by atomic mass is 9.82. The number of hydrogen-bond acceptors (Lipinski definition) is 6. The average molecular weight is 453 g/mol. The van der Waals surface area contributed by atoms with Crippen LogP contribution < -0.4 is 10.6 Å². The van der Waals surface area contributed by atoms with Crippen LogP contribution in [-0.4, -0.2) is 39.8 Å². The molecule has 0 unspecified atom stereocenters. The number of aromatic nitrogens is 1. The zero-order valence-corrected chi connectivity index (χ0v) is 18.4. The Kier molecular flexibility index (Phi) is 5.42. The van der Waals surface area contributed by atoms with Crippen molar-refractivity contribution in [3.63, 3.8) is 0 Å². The maximum absolute atomic E-state index is 12.8. The number of urea groups is 1. The first-order valence-corrected chi connectivity index (χ1v) is 11.7. The van der Waals surface area contributed by atoms with Gasteiger partial charge in [0.25, 0.3) is 5.91 Å². The van der Waals surface area contributed by atoms with Crippen molar-refractivity contribution in [1.29, 1.82) is 0 Å². The van der Waals surface area contributed by atoms with Crippen molar-refractivity contribution in [2.75, 3.05) is 6.54 Å². The van der Waals surface area contributed by atoms with Gasteiger partial charge in [0.15, 0.2) is 10.8 Å². The third-order valence-electron chi connectivity index (χ3n) is 6.14. The Morgan fingerprint density at radius 2 is 1.97 bits per heavy atom. The first-order valence-electron chi connectivity index (χ1n) is 10.9. The molecule has 32 heavy (non-hydrogen) atoms. The summed E-state index contributed by atoms with van der Waals surface area (Å²) in [5.74, 6) is 0.839. The SMILES string of the molecule is O=C(CCN1C(=O)NC2(CCCCC2)C1=O)NCc1ccc(-c2nc3ccccc3s2)o1. The van der Waals surface area contributed by atoms with Crippen molar-refractivity contribution < 1.29 is 18.8 Å². The van der Waals surface area contributed by atoms with Gasteiger partial charge in [-0.15, -0.1) is 11.3 Å². The lowest BCUT2D eigenvalue weighted by Gasteiger charge is -2.30. The minimum atomic E-state index is -0.753. The van der Waals surface area contributed by atoms with Crippen LogP contribution in [0.3, 0.4) is 0 Å². The predicted molar refractivity (Wildman–Crippen MR) is 120 cm³/mol. The van der Waals surface area contributed by atoms with Gasteiger partial charge >= 0.3 is 6.03 Å². The van der Waals surface area contributed by atoms with Gasteiger partial charge in [-0.3, -0.25) is 14.5 Å². The number of rotatable bonds is 6. The van der Waals surface area contributed by atoms with Crippen LogP contribution in [0.1, 0.15) is 44.3 Å². The first-order chi connectivity index (χ1) is 15.5. The summed E-state index contributed by atoms with van der Waals surface area (Å²) in [6.07, 6.45) is 4.36. The molecule has 1 aromatic carbocycles. The minimum Gasteiger partial charge on any atom is -0.457 e. The van der Waals surface area contributed by atoms with E-state index in [-0.39, 0.29) is 31.3 Å². The lowest BCUT2D eigenvalue weighted by molar-refractivity contribution is -0.132. The van der Waals surface area contributed by atoms with Gasteiger partial charge in [0.2, 0.25) is 5.91 Å². The fraction of sp³-hybridized carbons (Fsp3) is 0.391. The highest BCUT2D eigenvalue weighted by molar-refractivity contribution is 7.21. The van der Waals surface area contributed by atoms with E-state index in [4.69, 9.17) is 4.42 Å². The van der Waals surface area contributed by atoms with Crippen molar-refractivity contribution in [3.05, 3.63) is 42.2 Å². The molecule has 1 aliphatic heterocycles. The van der Waals surface area contributed by atoms with E-state index >= 15 is 0 Å². The zero-order valence-electron chi connectivity index (χ0n) is 17.6. The number of carbonyl (C=O) groups is 3. The fourth-order valence-electron chi connectivity index (χ4n) is 4.43. The number of thiazole rings is 1. The van der Waals surface area contributed by atoms with Crippen molar-refractivity contribution in [2.45, 2.75) is 50.6 Å². The van der Waals surface area contributed by atoms with E-state index < -0.39 is 11.6 Å². The van der Waals surface area contributed by atoms with Gasteiger partial charge in [-0.1, -0.05) is 31.4 Å². The maximum Gasteiger partial charge on any atom is 0.325 e. The molecule has 3 heterocycles. The van der Waals surface area contributed by atoms with E-state index in [0.29, 0.717) is 24.4 Å². The van der Waals surface area contributed by atoms with Crippen molar-refractivity contribution in [2.24, 2.45) is 0 Å². The number of carbonyl (C=O) groups excluding carboxylic acids is 3. The smallest absolute Gasteiger partial charge is 0.325 e. The first kappa shape index (κ1) is 20.7. The molecule has 1 aliphatic carbocycles. The molecule has 1 saturated carbocycles. The van der Waals surface area contributed by atoms with E-state index in [1.807, 2.05) is 36.4 Å². The Morgan fingerprint density at radius 1 is 1.16 bits per heavy atom. The van der Waals surface area contributed by atoms with Gasteiger partial charge in [-0.2, -0.15) is 0 Å². The van der Waals surface area contributed by atoms with Crippen LogP contribution >= 0.6 is 11.3 Å². The van der Waals surface area contributed by atoms with Crippen LogP contribution in [0.15, 0.2) is 40.8 Å². The Bertz CT molecular complexity index is 1140. The Morgan fingerprint density at radius 3 is 2.78 bits per heavy atom. The topological polar surface area (TPSA) is 105 Å². The van der Waals surface area contributed by atoms with Gasteiger partial charge in [0, 0.05) is 13.0 Å². The van der Waals surface area contributed by atoms with Gasteiger partial charge < -0.3 is 15.1 Å². The number of fused-ring (bicyclic) bond motifs is 1. The molecule has 166 valence electrons. The van der Waals surface area contributed by atoms with Crippen molar-refractivity contribution in [3.8, 4) is 10.8 Å². The molecule has 0 atom stereocenters. The van der Waals surface area contributed by atoms with Crippen molar-refractivity contribution in [1.82, 2.24) is 20.5 Å². The second kappa shape index (κ2) is 8.38. The number of nitrogens with zero attached hydrogens (tertiary/aromatic N) is 2. The molecule has 3 aromatic rings. The minimum absolute atomic E-state index is 0.0562. The second-order valence-electron chi connectivity index (χ2n) is 8.31. The monoisotopic (exact) mass is 452 g/mol. The molecule has 2 N–H and O–H groups in total. The van der Waals surface area contributed by atoms with Gasteiger partial charge in [-0.05, 0) is 37.1 Å². The lowest BCUT2D eigenvalue weighted by Crippen LogP contribution is -2.48. The molecule has 8 nitrogen and oxygen atoms in total. The number of furan rings is 1. The highest BCUT2D eigenvalue weighted by Gasteiger charge is 2.51. The molecule has 1 saturated heterocycles. The summed E-state index contributed by atoms with van der Waals surface area (Å²) in [6, 6.07) is 11.2. The Hall–Kier alpha value is -3.20. The molecule has 2 fully saturated rings. The van der Waals surface area contributed by atoms with E-state index in [1.165, 1.54) is 4.90 Å². The molecular formula is C23H24N4O4S. The number of para-hydroxylation sites is 1. The molecule has 2 aromatic heterocycles. The molecule has 9 heteroatoms. The Balaban J connectivity index is 1.14. The summed E-state index contributed by atoms with van der Waals surface area (Å²) in [5.41, 5.74) is 0.172. The third-order valence-corrected chi connectivity index (χ3v) is 7.19. The fourth-order valence-corrected chi connectivity index (χ4v) is 5.35. The largest absolute Gasteiger partial charge is 0.457 e. The summed E-state index contributed by atoms with van der Waals surface area (Å²) >= 11 is 1.55. The van der Waals surface area contributed by atoms with E-state index in [0.717, 1.165) is 34.5 Å². The van der Waals surface area contributed by atoms with E-state index in [9.17, 15) is 14.4 Å². The van der Waals surface area contributed by atoms with E-state index in [2.05, 4.69) is 15.6 Å². The number of imide groups is 1. The van der Waals surface area contributed by atoms with E-state index in [1.54, 1.807) is 11.3 Å². The quantitative estimate of drug-likeness (QED) is 0.554. The van der Waals surface area contributed by atoms with Crippen LogP contribution in [0.5, 0.6) is 0 Å². The molecular weight excluding hydrogens is 428 g/mol.